The molecule has 2 aliphatic rings. The average molecular weight is 300 g/mol. The number of carboxylic acids is 1. The molecule has 6 heteroatoms. The Morgan fingerprint density at radius 1 is 1.20 bits per heavy atom. The summed E-state index contributed by atoms with van der Waals surface area (Å²) in [7, 11) is 0. The number of likely N-dealkylation sites (tertiary alicyclic amines) is 1. The van der Waals surface area contributed by atoms with Crippen LogP contribution in [-0.4, -0.2) is 53.1 Å². The van der Waals surface area contributed by atoms with Gasteiger partial charge in [-0.2, -0.15) is 11.8 Å². The van der Waals surface area contributed by atoms with Gasteiger partial charge in [-0.25, -0.2) is 4.79 Å². The van der Waals surface area contributed by atoms with Crippen molar-refractivity contribution in [3.05, 3.63) is 0 Å². The minimum Gasteiger partial charge on any atom is -0.481 e. The Hall–Kier alpha value is -0.910. The second-order valence-electron chi connectivity index (χ2n) is 5.79. The van der Waals surface area contributed by atoms with Crippen LogP contribution in [0.15, 0.2) is 0 Å². The lowest BCUT2D eigenvalue weighted by molar-refractivity contribution is -0.138. The predicted molar refractivity (Wildman–Crippen MR) is 80.0 cm³/mol. The smallest absolute Gasteiger partial charge is 0.317 e. The minimum atomic E-state index is -0.767. The van der Waals surface area contributed by atoms with Crippen molar-refractivity contribution in [1.82, 2.24) is 10.2 Å². The molecule has 0 aromatic carbocycles. The van der Waals surface area contributed by atoms with E-state index in [1.165, 1.54) is 24.3 Å². The number of hydrogen-bond donors (Lipinski definition) is 2. The second kappa shape index (κ2) is 7.76. The van der Waals surface area contributed by atoms with Crippen molar-refractivity contribution < 1.29 is 14.7 Å². The van der Waals surface area contributed by atoms with Crippen LogP contribution >= 0.6 is 11.8 Å². The molecular weight excluding hydrogens is 276 g/mol. The molecule has 1 atom stereocenters. The van der Waals surface area contributed by atoms with Crippen LogP contribution in [0.3, 0.4) is 0 Å². The van der Waals surface area contributed by atoms with Gasteiger partial charge in [-0.1, -0.05) is 0 Å². The summed E-state index contributed by atoms with van der Waals surface area (Å²) in [5, 5.41) is 11.9. The first kappa shape index (κ1) is 15.5. The summed E-state index contributed by atoms with van der Waals surface area (Å²) >= 11 is 1.99. The lowest BCUT2D eigenvalue weighted by Gasteiger charge is -2.32. The third kappa shape index (κ3) is 4.89. The molecule has 2 aliphatic heterocycles. The van der Waals surface area contributed by atoms with E-state index in [0.717, 1.165) is 25.9 Å². The van der Waals surface area contributed by atoms with Gasteiger partial charge in [0.25, 0.3) is 0 Å². The van der Waals surface area contributed by atoms with E-state index in [9.17, 15) is 9.59 Å². The Balaban J connectivity index is 1.72. The van der Waals surface area contributed by atoms with Gasteiger partial charge in [0.15, 0.2) is 0 Å². The highest BCUT2D eigenvalue weighted by Gasteiger charge is 2.25. The molecular formula is C14H24N2O3S. The maximum Gasteiger partial charge on any atom is 0.317 e. The Labute approximate surface area is 124 Å². The third-order valence-corrected chi connectivity index (χ3v) is 5.20. The van der Waals surface area contributed by atoms with E-state index in [1.807, 2.05) is 11.8 Å². The zero-order valence-electron chi connectivity index (χ0n) is 11.8. The molecule has 2 heterocycles. The highest BCUT2D eigenvalue weighted by Crippen LogP contribution is 2.22. The van der Waals surface area contributed by atoms with Crippen molar-refractivity contribution >= 4 is 23.8 Å². The van der Waals surface area contributed by atoms with Crippen molar-refractivity contribution in [3.8, 4) is 0 Å². The molecule has 2 fully saturated rings. The number of hydrogen-bond acceptors (Lipinski definition) is 3. The molecule has 5 nitrogen and oxygen atoms in total. The van der Waals surface area contributed by atoms with E-state index in [0.29, 0.717) is 12.5 Å². The highest BCUT2D eigenvalue weighted by molar-refractivity contribution is 7.99. The number of urea groups is 1. The number of thioether (sulfide) groups is 1. The summed E-state index contributed by atoms with van der Waals surface area (Å²) in [4.78, 5) is 24.7. The van der Waals surface area contributed by atoms with Crippen molar-refractivity contribution in [2.24, 2.45) is 11.8 Å². The third-order valence-electron chi connectivity index (χ3n) is 4.15. The van der Waals surface area contributed by atoms with Crippen molar-refractivity contribution in [2.75, 3.05) is 31.1 Å². The Morgan fingerprint density at radius 3 is 2.65 bits per heavy atom. The van der Waals surface area contributed by atoms with Gasteiger partial charge in [0.1, 0.15) is 0 Å². The van der Waals surface area contributed by atoms with Crippen LogP contribution in [0.5, 0.6) is 0 Å². The highest BCUT2D eigenvalue weighted by atomic mass is 32.2. The molecule has 0 saturated carbocycles. The fourth-order valence-electron chi connectivity index (χ4n) is 2.96. The maximum absolute atomic E-state index is 12.1. The molecule has 2 rings (SSSR count). The summed E-state index contributed by atoms with van der Waals surface area (Å²) in [6.07, 6.45) is 4.37. The first-order chi connectivity index (χ1) is 9.65. The summed E-state index contributed by atoms with van der Waals surface area (Å²) in [5.41, 5.74) is 0. The van der Waals surface area contributed by atoms with E-state index in [4.69, 9.17) is 5.11 Å². The zero-order valence-corrected chi connectivity index (χ0v) is 12.7. The van der Waals surface area contributed by atoms with Crippen molar-refractivity contribution in [3.63, 3.8) is 0 Å². The molecule has 2 amide bonds. The monoisotopic (exact) mass is 300 g/mol. The van der Waals surface area contributed by atoms with Crippen molar-refractivity contribution in [2.45, 2.75) is 32.1 Å². The summed E-state index contributed by atoms with van der Waals surface area (Å²) < 4.78 is 0. The van der Waals surface area contributed by atoms with Crippen LogP contribution in [0.2, 0.25) is 0 Å². The number of nitrogens with zero attached hydrogens (tertiary/aromatic N) is 1. The van der Waals surface area contributed by atoms with Crippen LogP contribution in [0.1, 0.15) is 32.1 Å². The Morgan fingerprint density at radius 2 is 1.95 bits per heavy atom. The standard InChI is InChI=1S/C14H24N2O3S/c17-13(18)8-12-2-1-5-16(10-12)14(19)15-9-11-3-6-20-7-4-11/h11-12H,1-10H2,(H,15,19)(H,17,18). The van der Waals surface area contributed by atoms with E-state index < -0.39 is 5.97 Å². The summed E-state index contributed by atoms with van der Waals surface area (Å²) in [6, 6.07) is -0.0154. The summed E-state index contributed by atoms with van der Waals surface area (Å²) in [5.74, 6) is 2.35. The second-order valence-corrected chi connectivity index (χ2v) is 7.02. The quantitative estimate of drug-likeness (QED) is 0.833. The fourth-order valence-corrected chi connectivity index (χ4v) is 4.16. The minimum absolute atomic E-state index is 0.0154. The molecule has 0 aromatic heterocycles. The van der Waals surface area contributed by atoms with E-state index in [-0.39, 0.29) is 18.4 Å². The number of carbonyl (C=O) groups excluding carboxylic acids is 1. The topological polar surface area (TPSA) is 69.6 Å². The average Bonchev–Trinajstić information content (AvgIpc) is 2.45. The largest absolute Gasteiger partial charge is 0.481 e. The van der Waals surface area contributed by atoms with Gasteiger partial charge < -0.3 is 15.3 Å². The normalized spacial score (nSPS) is 24.4. The van der Waals surface area contributed by atoms with Gasteiger partial charge in [-0.05, 0) is 49.0 Å². The summed E-state index contributed by atoms with van der Waals surface area (Å²) in [6.45, 7) is 2.10. The molecule has 0 spiro atoms. The molecule has 0 aliphatic carbocycles. The molecule has 0 radical (unpaired) electrons. The van der Waals surface area contributed by atoms with E-state index in [1.54, 1.807) is 4.90 Å². The van der Waals surface area contributed by atoms with Gasteiger partial charge in [-0.3, -0.25) is 4.79 Å². The number of rotatable bonds is 4. The molecule has 2 N–H and O–H groups in total. The van der Waals surface area contributed by atoms with Gasteiger partial charge in [0.05, 0.1) is 0 Å². The van der Waals surface area contributed by atoms with Crippen LogP contribution < -0.4 is 5.32 Å². The molecule has 20 heavy (non-hydrogen) atoms. The van der Waals surface area contributed by atoms with Gasteiger partial charge in [-0.15, -0.1) is 0 Å². The number of piperidine rings is 1. The van der Waals surface area contributed by atoms with Crippen LogP contribution in [0, 0.1) is 11.8 Å². The maximum atomic E-state index is 12.1. The Bertz CT molecular complexity index is 345. The number of aliphatic carboxylic acids is 1. The predicted octanol–water partition coefficient (Wildman–Crippen LogP) is 2.03. The van der Waals surface area contributed by atoms with Crippen LogP contribution in [0.25, 0.3) is 0 Å². The molecule has 1 unspecified atom stereocenters. The van der Waals surface area contributed by atoms with E-state index in [2.05, 4.69) is 5.32 Å². The van der Waals surface area contributed by atoms with Crippen LogP contribution in [0.4, 0.5) is 4.79 Å². The van der Waals surface area contributed by atoms with E-state index >= 15 is 0 Å². The van der Waals surface area contributed by atoms with Gasteiger partial charge in [0.2, 0.25) is 0 Å². The lowest BCUT2D eigenvalue weighted by Crippen LogP contribution is -2.47. The first-order valence-electron chi connectivity index (χ1n) is 7.47. The molecule has 2 saturated heterocycles. The first-order valence-corrected chi connectivity index (χ1v) is 8.63. The number of carbonyl (C=O) groups is 2. The number of carboxylic acid groups (broad SMARTS) is 1. The Kier molecular flexibility index (Phi) is 6.01. The molecule has 114 valence electrons. The van der Waals surface area contributed by atoms with Gasteiger partial charge >= 0.3 is 12.0 Å². The molecule has 0 bridgehead atoms. The fraction of sp³-hybridized carbons (Fsp3) is 0.857. The van der Waals surface area contributed by atoms with Crippen LogP contribution in [-0.2, 0) is 4.79 Å². The lowest BCUT2D eigenvalue weighted by atomic mass is 9.95. The SMILES string of the molecule is O=C(O)CC1CCCN(C(=O)NCC2CCSCC2)C1. The molecule has 0 aromatic rings. The number of amides is 2. The number of nitrogens with one attached hydrogen (secondary N) is 1. The zero-order chi connectivity index (χ0) is 14.4. The van der Waals surface area contributed by atoms with Crippen molar-refractivity contribution in [1.29, 1.82) is 0 Å². The van der Waals surface area contributed by atoms with Gasteiger partial charge in [0, 0.05) is 26.1 Å².